The Morgan fingerprint density at radius 3 is 2.88 bits per heavy atom. The minimum Gasteiger partial charge on any atom is -0.497 e. The van der Waals surface area contributed by atoms with Gasteiger partial charge in [0.05, 0.1) is 12.8 Å². The van der Waals surface area contributed by atoms with Crippen molar-refractivity contribution in [2.45, 2.75) is 13.5 Å². The molecule has 0 saturated heterocycles. The third kappa shape index (κ3) is 2.78. The Hall–Kier alpha value is -1.97. The third-order valence-electron chi connectivity index (χ3n) is 2.58. The molecular weight excluding hydrogens is 214 g/mol. The SMILES string of the molecule is COc1cccc(CNc2nc(C)cn2C)c1. The summed E-state index contributed by atoms with van der Waals surface area (Å²) in [7, 11) is 3.66. The zero-order valence-corrected chi connectivity index (χ0v) is 10.4. The second-order valence-corrected chi connectivity index (χ2v) is 4.02. The third-order valence-corrected chi connectivity index (χ3v) is 2.58. The van der Waals surface area contributed by atoms with Gasteiger partial charge in [0.2, 0.25) is 5.95 Å². The van der Waals surface area contributed by atoms with Gasteiger partial charge in [0.15, 0.2) is 0 Å². The molecule has 4 nitrogen and oxygen atoms in total. The number of methoxy groups -OCH3 is 1. The maximum Gasteiger partial charge on any atom is 0.203 e. The summed E-state index contributed by atoms with van der Waals surface area (Å²) in [6.45, 7) is 2.72. The number of aromatic nitrogens is 2. The van der Waals surface area contributed by atoms with E-state index in [1.807, 2.05) is 42.9 Å². The average Bonchev–Trinajstić information content (AvgIpc) is 2.65. The van der Waals surface area contributed by atoms with Crippen LogP contribution in [0.2, 0.25) is 0 Å². The van der Waals surface area contributed by atoms with Gasteiger partial charge in [0.25, 0.3) is 0 Å². The molecule has 0 aliphatic rings. The Labute approximate surface area is 101 Å². The fourth-order valence-corrected chi connectivity index (χ4v) is 1.74. The van der Waals surface area contributed by atoms with Crippen LogP contribution >= 0.6 is 0 Å². The molecule has 0 aliphatic carbocycles. The molecule has 1 heterocycles. The van der Waals surface area contributed by atoms with Gasteiger partial charge in [-0.05, 0) is 24.6 Å². The van der Waals surface area contributed by atoms with E-state index in [1.165, 1.54) is 5.56 Å². The number of ether oxygens (including phenoxy) is 1. The van der Waals surface area contributed by atoms with E-state index in [-0.39, 0.29) is 0 Å². The molecule has 2 rings (SSSR count). The molecule has 17 heavy (non-hydrogen) atoms. The summed E-state index contributed by atoms with van der Waals surface area (Å²) in [6.07, 6.45) is 1.99. The van der Waals surface area contributed by atoms with E-state index in [2.05, 4.69) is 16.4 Å². The first kappa shape index (κ1) is 11.5. The molecule has 0 amide bonds. The molecule has 0 saturated carbocycles. The predicted octanol–water partition coefficient (Wildman–Crippen LogP) is 2.35. The zero-order chi connectivity index (χ0) is 12.3. The molecule has 0 radical (unpaired) electrons. The number of hydrogen-bond donors (Lipinski definition) is 1. The highest BCUT2D eigenvalue weighted by molar-refractivity contribution is 5.33. The number of nitrogens with one attached hydrogen (secondary N) is 1. The Morgan fingerprint density at radius 1 is 1.41 bits per heavy atom. The molecule has 0 aliphatic heterocycles. The molecule has 1 aromatic heterocycles. The van der Waals surface area contributed by atoms with Crippen molar-refractivity contribution in [3.05, 3.63) is 41.7 Å². The standard InChI is InChI=1S/C13H17N3O/c1-10-9-16(2)13(15-10)14-8-11-5-4-6-12(7-11)17-3/h4-7,9H,8H2,1-3H3,(H,14,15). The van der Waals surface area contributed by atoms with Gasteiger partial charge < -0.3 is 14.6 Å². The smallest absolute Gasteiger partial charge is 0.203 e. The molecule has 0 fully saturated rings. The maximum absolute atomic E-state index is 5.19. The number of aryl methyl sites for hydroxylation is 2. The van der Waals surface area contributed by atoms with Crippen molar-refractivity contribution < 1.29 is 4.74 Å². The van der Waals surface area contributed by atoms with Crippen molar-refractivity contribution in [2.24, 2.45) is 7.05 Å². The van der Waals surface area contributed by atoms with Crippen molar-refractivity contribution >= 4 is 5.95 Å². The molecule has 0 bridgehead atoms. The van der Waals surface area contributed by atoms with E-state index in [0.717, 1.165) is 23.9 Å². The highest BCUT2D eigenvalue weighted by Crippen LogP contribution is 2.14. The number of anilines is 1. The maximum atomic E-state index is 5.19. The largest absolute Gasteiger partial charge is 0.497 e. The van der Waals surface area contributed by atoms with Crippen LogP contribution < -0.4 is 10.1 Å². The quantitative estimate of drug-likeness (QED) is 0.878. The van der Waals surface area contributed by atoms with Crippen molar-refractivity contribution in [3.8, 4) is 5.75 Å². The Kier molecular flexibility index (Phi) is 3.32. The minimum absolute atomic E-state index is 0.738. The topological polar surface area (TPSA) is 39.1 Å². The molecule has 0 atom stereocenters. The van der Waals surface area contributed by atoms with E-state index in [0.29, 0.717) is 0 Å². The molecule has 4 heteroatoms. The number of rotatable bonds is 4. The van der Waals surface area contributed by atoms with Crippen molar-refractivity contribution in [2.75, 3.05) is 12.4 Å². The van der Waals surface area contributed by atoms with Crippen LogP contribution in [0.4, 0.5) is 5.95 Å². The summed E-state index contributed by atoms with van der Waals surface area (Å²) >= 11 is 0. The lowest BCUT2D eigenvalue weighted by Crippen LogP contribution is -2.04. The summed E-state index contributed by atoms with van der Waals surface area (Å²) < 4.78 is 7.17. The fourth-order valence-electron chi connectivity index (χ4n) is 1.74. The summed E-state index contributed by atoms with van der Waals surface area (Å²) in [5, 5.41) is 3.30. The van der Waals surface area contributed by atoms with Gasteiger partial charge in [-0.25, -0.2) is 4.98 Å². The highest BCUT2D eigenvalue weighted by atomic mass is 16.5. The second kappa shape index (κ2) is 4.91. The first-order chi connectivity index (χ1) is 8.19. The van der Waals surface area contributed by atoms with E-state index >= 15 is 0 Å². The van der Waals surface area contributed by atoms with E-state index in [9.17, 15) is 0 Å². The monoisotopic (exact) mass is 231 g/mol. The van der Waals surface area contributed by atoms with E-state index in [1.54, 1.807) is 7.11 Å². The number of imidazole rings is 1. The average molecular weight is 231 g/mol. The van der Waals surface area contributed by atoms with Crippen LogP contribution in [0.15, 0.2) is 30.5 Å². The van der Waals surface area contributed by atoms with Gasteiger partial charge in [-0.3, -0.25) is 0 Å². The lowest BCUT2D eigenvalue weighted by atomic mass is 10.2. The lowest BCUT2D eigenvalue weighted by Gasteiger charge is -2.07. The molecule has 90 valence electrons. The van der Waals surface area contributed by atoms with E-state index in [4.69, 9.17) is 4.74 Å². The lowest BCUT2D eigenvalue weighted by molar-refractivity contribution is 0.414. The number of benzene rings is 1. The first-order valence-corrected chi connectivity index (χ1v) is 5.56. The van der Waals surface area contributed by atoms with Gasteiger partial charge in [0.1, 0.15) is 5.75 Å². The van der Waals surface area contributed by atoms with E-state index < -0.39 is 0 Å². The van der Waals surface area contributed by atoms with Crippen LogP contribution in [-0.4, -0.2) is 16.7 Å². The molecule has 2 aromatic rings. The Morgan fingerprint density at radius 2 is 2.24 bits per heavy atom. The summed E-state index contributed by atoms with van der Waals surface area (Å²) in [4.78, 5) is 4.39. The molecular formula is C13H17N3O. The van der Waals surface area contributed by atoms with Gasteiger partial charge in [-0.2, -0.15) is 0 Å². The normalized spacial score (nSPS) is 10.3. The number of nitrogens with zero attached hydrogens (tertiary/aromatic N) is 2. The van der Waals surface area contributed by atoms with Crippen LogP contribution in [0.1, 0.15) is 11.3 Å². The first-order valence-electron chi connectivity index (χ1n) is 5.56. The van der Waals surface area contributed by atoms with Crippen LogP contribution in [-0.2, 0) is 13.6 Å². The van der Waals surface area contributed by atoms with Crippen LogP contribution in [0.25, 0.3) is 0 Å². The summed E-state index contributed by atoms with van der Waals surface area (Å²) in [5.74, 6) is 1.76. The fraction of sp³-hybridized carbons (Fsp3) is 0.308. The second-order valence-electron chi connectivity index (χ2n) is 4.02. The zero-order valence-electron chi connectivity index (χ0n) is 10.4. The number of hydrogen-bond acceptors (Lipinski definition) is 3. The Balaban J connectivity index is 2.04. The van der Waals surface area contributed by atoms with Crippen LogP contribution in [0.5, 0.6) is 5.75 Å². The molecule has 1 aromatic carbocycles. The molecule has 0 spiro atoms. The summed E-state index contributed by atoms with van der Waals surface area (Å²) in [6, 6.07) is 8.00. The highest BCUT2D eigenvalue weighted by Gasteiger charge is 2.02. The van der Waals surface area contributed by atoms with Gasteiger partial charge in [-0.15, -0.1) is 0 Å². The Bertz CT molecular complexity index is 505. The van der Waals surface area contributed by atoms with Crippen molar-refractivity contribution in [1.29, 1.82) is 0 Å². The van der Waals surface area contributed by atoms with Gasteiger partial charge in [0, 0.05) is 19.8 Å². The predicted molar refractivity (Wildman–Crippen MR) is 68.3 cm³/mol. The van der Waals surface area contributed by atoms with Gasteiger partial charge >= 0.3 is 0 Å². The van der Waals surface area contributed by atoms with Crippen LogP contribution in [0.3, 0.4) is 0 Å². The van der Waals surface area contributed by atoms with Crippen molar-refractivity contribution in [1.82, 2.24) is 9.55 Å². The molecule has 0 unspecified atom stereocenters. The van der Waals surface area contributed by atoms with Crippen molar-refractivity contribution in [3.63, 3.8) is 0 Å². The van der Waals surface area contributed by atoms with Gasteiger partial charge in [-0.1, -0.05) is 12.1 Å². The summed E-state index contributed by atoms with van der Waals surface area (Å²) in [5.41, 5.74) is 2.19. The minimum atomic E-state index is 0.738. The molecule has 1 N–H and O–H groups in total. The van der Waals surface area contributed by atoms with Crippen LogP contribution in [0, 0.1) is 6.92 Å².